The molecule has 0 amide bonds. The zero-order chi connectivity index (χ0) is 41.5. The van der Waals surface area contributed by atoms with E-state index in [9.17, 15) is 0 Å². The van der Waals surface area contributed by atoms with Gasteiger partial charge in [0.1, 0.15) is 0 Å². The maximum Gasteiger partial charge on any atom is 0.0746 e. The Balaban J connectivity index is 1.13. The van der Waals surface area contributed by atoms with E-state index in [0.717, 1.165) is 0 Å². The second kappa shape index (κ2) is 12.4. The second-order valence-corrected chi connectivity index (χ2v) is 18.8. The molecule has 62 heavy (non-hydrogen) atoms. The minimum absolute atomic E-state index is 0.150. The molecule has 1 atom stereocenters. The summed E-state index contributed by atoms with van der Waals surface area (Å²) in [4.78, 5) is 2.60. The third-order valence-corrected chi connectivity index (χ3v) is 15.1. The molecule has 1 spiro atoms. The van der Waals surface area contributed by atoms with Crippen LogP contribution in [0, 0.1) is 0 Å². The smallest absolute Gasteiger partial charge is 0.0746 e. The normalized spacial score (nSPS) is 17.0. The summed E-state index contributed by atoms with van der Waals surface area (Å²) in [6, 6.07) is 76.0. The first-order valence-corrected chi connectivity index (χ1v) is 22.1. The zero-order valence-corrected chi connectivity index (χ0v) is 35.5. The van der Waals surface area contributed by atoms with E-state index in [4.69, 9.17) is 0 Å². The number of nitrogens with zero attached hydrogens (tertiary/aromatic N) is 1. The first-order valence-electron chi connectivity index (χ1n) is 22.1. The highest BCUT2D eigenvalue weighted by Crippen LogP contribution is 2.66. The van der Waals surface area contributed by atoms with Crippen molar-refractivity contribution in [3.8, 4) is 55.6 Å². The summed E-state index contributed by atoms with van der Waals surface area (Å²) in [7, 11) is 0. The van der Waals surface area contributed by atoms with E-state index in [1.165, 1.54) is 117 Å². The molecule has 0 saturated carbocycles. The van der Waals surface area contributed by atoms with Crippen LogP contribution in [0.4, 0.5) is 17.1 Å². The van der Waals surface area contributed by atoms with Gasteiger partial charge in [-0.25, -0.2) is 0 Å². The molecule has 294 valence electrons. The van der Waals surface area contributed by atoms with Crippen molar-refractivity contribution >= 4 is 17.1 Å². The minimum Gasteiger partial charge on any atom is -0.310 e. The Kier molecular flexibility index (Phi) is 7.12. The molecule has 1 unspecified atom stereocenters. The van der Waals surface area contributed by atoms with Crippen LogP contribution in [0.2, 0.25) is 0 Å². The molecule has 0 saturated heterocycles. The molecular weight excluding hydrogens is 747 g/mol. The van der Waals surface area contributed by atoms with Crippen molar-refractivity contribution in [2.24, 2.45) is 0 Å². The fraction of sp³-hybridized carbons (Fsp3) is 0.115. The van der Waals surface area contributed by atoms with Crippen molar-refractivity contribution in [1.29, 1.82) is 0 Å². The highest BCUT2D eigenvalue weighted by molar-refractivity contribution is 6.01. The molecule has 0 heterocycles. The molecule has 0 bridgehead atoms. The molecule has 9 aromatic carbocycles. The van der Waals surface area contributed by atoms with Gasteiger partial charge in [0, 0.05) is 27.8 Å². The first-order chi connectivity index (χ1) is 30.3. The highest BCUT2D eigenvalue weighted by Gasteiger charge is 2.53. The lowest BCUT2D eigenvalue weighted by molar-refractivity contribution is 0.660. The Labute approximate surface area is 364 Å². The first kappa shape index (κ1) is 35.5. The summed E-state index contributed by atoms with van der Waals surface area (Å²) in [5.74, 6) is 0. The van der Waals surface area contributed by atoms with E-state index in [1.54, 1.807) is 0 Å². The predicted octanol–water partition coefficient (Wildman–Crippen LogP) is 15.8. The van der Waals surface area contributed by atoms with Gasteiger partial charge in [0.15, 0.2) is 0 Å². The van der Waals surface area contributed by atoms with Gasteiger partial charge in [-0.2, -0.15) is 0 Å². The summed E-state index contributed by atoms with van der Waals surface area (Å²) >= 11 is 0. The van der Waals surface area contributed by atoms with Crippen molar-refractivity contribution in [3.05, 3.63) is 245 Å². The van der Waals surface area contributed by atoms with Gasteiger partial charge >= 0.3 is 0 Å². The van der Waals surface area contributed by atoms with Gasteiger partial charge < -0.3 is 4.90 Å². The predicted molar refractivity (Wildman–Crippen MR) is 258 cm³/mol. The van der Waals surface area contributed by atoms with Crippen molar-refractivity contribution in [1.82, 2.24) is 0 Å². The Bertz CT molecular complexity index is 3240. The third-order valence-electron chi connectivity index (χ3n) is 15.1. The molecule has 0 aromatic heterocycles. The highest BCUT2D eigenvalue weighted by atomic mass is 15.1. The fourth-order valence-electron chi connectivity index (χ4n) is 12.3. The van der Waals surface area contributed by atoms with Gasteiger partial charge in [-0.1, -0.05) is 191 Å². The molecule has 13 rings (SSSR count). The van der Waals surface area contributed by atoms with Crippen LogP contribution < -0.4 is 4.90 Å². The summed E-state index contributed by atoms with van der Waals surface area (Å²) in [6.45, 7) is 9.57. The molecule has 4 aliphatic carbocycles. The standard InChI is InChI=1S/C61H45N/c1-59(2)50-24-12-8-19-42(50)46-33-30-40(36-54(46)59)62(41-31-34-47-43-20-9-13-25-51(43)60(3,4)55(47)37-41)57-28-16-23-49-45-22-11-15-27-53(45)61(58(49)57)52-26-14-10-21-44(52)48-32-29-39(35-56(48)61)38-17-6-5-7-18-38/h5-37H,1-4H3. The Morgan fingerprint density at radius 3 is 1.27 bits per heavy atom. The van der Waals surface area contributed by atoms with Crippen molar-refractivity contribution in [2.75, 3.05) is 4.90 Å². The number of rotatable bonds is 4. The Morgan fingerprint density at radius 1 is 0.290 bits per heavy atom. The average Bonchev–Trinajstić information content (AvgIpc) is 3.94. The number of hydrogen-bond acceptors (Lipinski definition) is 1. The van der Waals surface area contributed by atoms with Crippen molar-refractivity contribution < 1.29 is 0 Å². The van der Waals surface area contributed by atoms with Crippen LogP contribution in [0.15, 0.2) is 200 Å². The van der Waals surface area contributed by atoms with Crippen LogP contribution in [-0.4, -0.2) is 0 Å². The van der Waals surface area contributed by atoms with E-state index in [0.29, 0.717) is 0 Å². The lowest BCUT2D eigenvalue weighted by Gasteiger charge is -2.36. The second-order valence-electron chi connectivity index (χ2n) is 18.8. The molecule has 0 N–H and O–H groups in total. The summed E-state index contributed by atoms with van der Waals surface area (Å²) in [5, 5.41) is 0. The number of benzene rings is 9. The van der Waals surface area contributed by atoms with Crippen LogP contribution >= 0.6 is 0 Å². The Morgan fingerprint density at radius 2 is 0.710 bits per heavy atom. The molecule has 0 aliphatic heterocycles. The lowest BCUT2D eigenvalue weighted by Crippen LogP contribution is -2.28. The number of hydrogen-bond donors (Lipinski definition) is 0. The topological polar surface area (TPSA) is 3.24 Å². The number of fused-ring (bicyclic) bond motifs is 16. The maximum atomic E-state index is 2.60. The van der Waals surface area contributed by atoms with Gasteiger partial charge in [0.2, 0.25) is 0 Å². The average molecular weight is 792 g/mol. The minimum atomic E-state index is -0.560. The van der Waals surface area contributed by atoms with E-state index in [2.05, 4.69) is 233 Å². The summed E-state index contributed by atoms with van der Waals surface area (Å²) in [6.07, 6.45) is 0. The van der Waals surface area contributed by atoms with Gasteiger partial charge in [-0.3, -0.25) is 0 Å². The van der Waals surface area contributed by atoms with Crippen LogP contribution in [0.1, 0.15) is 72.2 Å². The van der Waals surface area contributed by atoms with Gasteiger partial charge in [-0.15, -0.1) is 0 Å². The van der Waals surface area contributed by atoms with Crippen molar-refractivity contribution in [2.45, 2.75) is 43.9 Å². The van der Waals surface area contributed by atoms with E-state index >= 15 is 0 Å². The molecule has 9 aromatic rings. The van der Waals surface area contributed by atoms with Crippen molar-refractivity contribution in [3.63, 3.8) is 0 Å². The van der Waals surface area contributed by atoms with Gasteiger partial charge in [-0.05, 0) is 131 Å². The van der Waals surface area contributed by atoms with Crippen LogP contribution in [-0.2, 0) is 16.2 Å². The third kappa shape index (κ3) is 4.48. The van der Waals surface area contributed by atoms with Gasteiger partial charge in [0.25, 0.3) is 0 Å². The molecule has 1 heteroatoms. The van der Waals surface area contributed by atoms with Crippen LogP contribution in [0.25, 0.3) is 55.6 Å². The monoisotopic (exact) mass is 791 g/mol. The summed E-state index contributed by atoms with van der Waals surface area (Å²) < 4.78 is 0. The van der Waals surface area contributed by atoms with E-state index in [1.807, 2.05) is 0 Å². The molecule has 0 fully saturated rings. The number of anilines is 3. The summed E-state index contributed by atoms with van der Waals surface area (Å²) in [5.41, 5.74) is 26.5. The zero-order valence-electron chi connectivity index (χ0n) is 35.5. The Hall–Kier alpha value is -7.22. The SMILES string of the molecule is CC1(C)c2ccccc2-c2ccc(N(c3ccc4c(c3)C(C)(C)c3ccccc3-4)c3cccc4c3C3(c5ccccc5-c5ccc(-c6ccccc6)cc53)c3ccccc3-4)cc21. The fourth-order valence-corrected chi connectivity index (χ4v) is 12.3. The van der Waals surface area contributed by atoms with Crippen LogP contribution in [0.5, 0.6) is 0 Å². The van der Waals surface area contributed by atoms with E-state index in [-0.39, 0.29) is 10.8 Å². The molecule has 1 nitrogen and oxygen atoms in total. The van der Waals surface area contributed by atoms with Crippen LogP contribution in [0.3, 0.4) is 0 Å². The molecule has 0 radical (unpaired) electrons. The van der Waals surface area contributed by atoms with E-state index < -0.39 is 5.41 Å². The lowest BCUT2D eigenvalue weighted by atomic mass is 9.69. The molecule has 4 aliphatic rings. The maximum absolute atomic E-state index is 2.60. The largest absolute Gasteiger partial charge is 0.310 e. The molecular formula is C61H45N. The quantitative estimate of drug-likeness (QED) is 0.172. The van der Waals surface area contributed by atoms with Gasteiger partial charge in [0.05, 0.1) is 11.1 Å².